The van der Waals surface area contributed by atoms with Crippen molar-refractivity contribution in [2.75, 3.05) is 31.7 Å². The number of rotatable bonds is 5. The van der Waals surface area contributed by atoms with Gasteiger partial charge in [-0.3, -0.25) is 19.3 Å². The highest BCUT2D eigenvalue weighted by molar-refractivity contribution is 9.10. The molecule has 0 atom stereocenters. The van der Waals surface area contributed by atoms with Gasteiger partial charge in [-0.25, -0.2) is 4.39 Å². The van der Waals surface area contributed by atoms with Crippen molar-refractivity contribution in [3.8, 4) is 0 Å². The lowest BCUT2D eigenvalue weighted by Crippen LogP contribution is -2.41. The van der Waals surface area contributed by atoms with E-state index in [-0.39, 0.29) is 28.8 Å². The quantitative estimate of drug-likeness (QED) is 0.626. The number of fused-ring (bicyclic) bond motifs is 1. The van der Waals surface area contributed by atoms with Gasteiger partial charge in [-0.05, 0) is 28.1 Å². The normalized spacial score (nSPS) is 13.6. The van der Waals surface area contributed by atoms with Crippen molar-refractivity contribution >= 4 is 39.2 Å². The summed E-state index contributed by atoms with van der Waals surface area (Å²) in [5.74, 6) is -2.66. The second-order valence-electron chi connectivity index (χ2n) is 4.35. The lowest BCUT2D eigenvalue weighted by atomic mass is 10.1. The van der Waals surface area contributed by atoms with Crippen LogP contribution in [-0.2, 0) is 14.3 Å². The predicted molar refractivity (Wildman–Crippen MR) is 75.7 cm³/mol. The molecular formula is C13H12BrFN2O4. The highest BCUT2D eigenvalue weighted by atomic mass is 79.9. The molecule has 0 aliphatic carbocycles. The fourth-order valence-electron chi connectivity index (χ4n) is 1.94. The standard InChI is InChI=1S/C13H12BrFN2O4/c1-21-3-2-16-11(18)6-17-10-5-9(15)8(14)4-7(10)12(19)13(17)20/h4-5H,2-3,6H2,1H3,(H,16,18). The van der Waals surface area contributed by atoms with Crippen molar-refractivity contribution < 1.29 is 23.5 Å². The van der Waals surface area contributed by atoms with Crippen molar-refractivity contribution in [1.82, 2.24) is 5.32 Å². The van der Waals surface area contributed by atoms with E-state index in [1.54, 1.807) is 0 Å². The number of hydrogen-bond acceptors (Lipinski definition) is 4. The number of halogens is 2. The van der Waals surface area contributed by atoms with Gasteiger partial charge in [-0.2, -0.15) is 0 Å². The Balaban J connectivity index is 2.19. The van der Waals surface area contributed by atoms with Gasteiger partial charge >= 0.3 is 0 Å². The van der Waals surface area contributed by atoms with E-state index in [4.69, 9.17) is 4.74 Å². The van der Waals surface area contributed by atoms with E-state index in [2.05, 4.69) is 21.2 Å². The van der Waals surface area contributed by atoms with Crippen LogP contribution in [0.4, 0.5) is 10.1 Å². The minimum Gasteiger partial charge on any atom is -0.383 e. The Hall–Kier alpha value is -1.80. The number of methoxy groups -OCH3 is 1. The van der Waals surface area contributed by atoms with E-state index in [0.717, 1.165) is 11.0 Å². The summed E-state index contributed by atoms with van der Waals surface area (Å²) in [6.07, 6.45) is 0. The number of Topliss-reactive ketones (excluding diaryl/α,β-unsaturated/α-hetero) is 1. The van der Waals surface area contributed by atoms with Crippen LogP contribution in [0.3, 0.4) is 0 Å². The summed E-state index contributed by atoms with van der Waals surface area (Å²) in [6.45, 7) is 0.270. The molecule has 112 valence electrons. The number of carbonyl (C=O) groups excluding carboxylic acids is 3. The number of anilines is 1. The molecule has 1 heterocycles. The van der Waals surface area contributed by atoms with Crippen molar-refractivity contribution in [3.05, 3.63) is 28.0 Å². The zero-order valence-electron chi connectivity index (χ0n) is 11.1. The lowest BCUT2D eigenvalue weighted by molar-refractivity contribution is -0.122. The van der Waals surface area contributed by atoms with Crippen LogP contribution < -0.4 is 10.2 Å². The average Bonchev–Trinajstić information content (AvgIpc) is 2.65. The first kappa shape index (κ1) is 15.6. The summed E-state index contributed by atoms with van der Waals surface area (Å²) in [4.78, 5) is 36.4. The van der Waals surface area contributed by atoms with Gasteiger partial charge in [0.25, 0.3) is 11.7 Å². The van der Waals surface area contributed by atoms with Gasteiger partial charge in [0.1, 0.15) is 12.4 Å². The largest absolute Gasteiger partial charge is 0.383 e. The van der Waals surface area contributed by atoms with Crippen LogP contribution in [0.2, 0.25) is 0 Å². The topological polar surface area (TPSA) is 75.7 Å². The van der Waals surface area contributed by atoms with Crippen LogP contribution >= 0.6 is 15.9 Å². The zero-order valence-corrected chi connectivity index (χ0v) is 12.7. The first-order valence-electron chi connectivity index (χ1n) is 6.06. The molecule has 2 amide bonds. The summed E-state index contributed by atoms with van der Waals surface area (Å²) in [5.41, 5.74) is 0.186. The van der Waals surface area contributed by atoms with Crippen LogP contribution in [0.5, 0.6) is 0 Å². The minimum absolute atomic E-state index is 0.0815. The summed E-state index contributed by atoms with van der Waals surface area (Å²) < 4.78 is 18.4. The molecule has 8 heteroatoms. The Morgan fingerprint density at radius 3 is 2.81 bits per heavy atom. The van der Waals surface area contributed by atoms with Crippen molar-refractivity contribution in [2.24, 2.45) is 0 Å². The fourth-order valence-corrected chi connectivity index (χ4v) is 2.28. The van der Waals surface area contributed by atoms with Gasteiger partial charge < -0.3 is 10.1 Å². The number of nitrogens with one attached hydrogen (secondary N) is 1. The van der Waals surface area contributed by atoms with E-state index in [1.807, 2.05) is 0 Å². The molecule has 0 fully saturated rings. The Labute approximate surface area is 128 Å². The molecular weight excluding hydrogens is 347 g/mol. The first-order valence-corrected chi connectivity index (χ1v) is 6.86. The average molecular weight is 359 g/mol. The van der Waals surface area contributed by atoms with Crippen LogP contribution in [0.1, 0.15) is 10.4 Å². The summed E-state index contributed by atoms with van der Waals surface area (Å²) >= 11 is 2.96. The van der Waals surface area contributed by atoms with Gasteiger partial charge in [0, 0.05) is 13.7 Å². The van der Waals surface area contributed by atoms with Gasteiger partial charge in [-0.15, -0.1) is 0 Å². The molecule has 1 N–H and O–H groups in total. The molecule has 0 bridgehead atoms. The van der Waals surface area contributed by atoms with E-state index in [9.17, 15) is 18.8 Å². The Kier molecular flexibility index (Phi) is 4.69. The third kappa shape index (κ3) is 3.11. The summed E-state index contributed by atoms with van der Waals surface area (Å²) in [7, 11) is 1.49. The molecule has 2 rings (SSSR count). The highest BCUT2D eigenvalue weighted by Gasteiger charge is 2.37. The molecule has 6 nitrogen and oxygen atoms in total. The maximum atomic E-state index is 13.6. The molecule has 0 saturated heterocycles. The van der Waals surface area contributed by atoms with Crippen LogP contribution in [0.25, 0.3) is 0 Å². The molecule has 21 heavy (non-hydrogen) atoms. The molecule has 1 aliphatic rings. The van der Waals surface area contributed by atoms with Crippen LogP contribution in [-0.4, -0.2) is 44.4 Å². The highest BCUT2D eigenvalue weighted by Crippen LogP contribution is 2.32. The molecule has 0 spiro atoms. The van der Waals surface area contributed by atoms with Crippen molar-refractivity contribution in [2.45, 2.75) is 0 Å². The molecule has 1 aromatic rings. The maximum absolute atomic E-state index is 13.6. The van der Waals surface area contributed by atoms with E-state index in [1.165, 1.54) is 13.2 Å². The Bertz CT molecular complexity index is 620. The van der Waals surface area contributed by atoms with Crippen molar-refractivity contribution in [1.29, 1.82) is 0 Å². The fraction of sp³-hybridized carbons (Fsp3) is 0.308. The Morgan fingerprint density at radius 2 is 2.14 bits per heavy atom. The summed E-state index contributed by atoms with van der Waals surface area (Å²) in [5, 5.41) is 2.53. The van der Waals surface area contributed by atoms with Gasteiger partial charge in [0.15, 0.2) is 0 Å². The zero-order chi connectivity index (χ0) is 15.6. The third-order valence-electron chi connectivity index (χ3n) is 2.94. The molecule has 0 saturated carbocycles. The third-order valence-corrected chi connectivity index (χ3v) is 3.55. The second-order valence-corrected chi connectivity index (χ2v) is 5.20. The molecule has 0 unspecified atom stereocenters. The smallest absolute Gasteiger partial charge is 0.299 e. The first-order chi connectivity index (χ1) is 9.95. The number of benzene rings is 1. The molecule has 1 aromatic carbocycles. The number of carbonyl (C=O) groups is 3. The number of nitrogens with zero attached hydrogens (tertiary/aromatic N) is 1. The van der Waals surface area contributed by atoms with Gasteiger partial charge in [-0.1, -0.05) is 0 Å². The monoisotopic (exact) mass is 358 g/mol. The minimum atomic E-state index is -0.843. The Morgan fingerprint density at radius 1 is 1.43 bits per heavy atom. The number of hydrogen-bond donors (Lipinski definition) is 1. The van der Waals surface area contributed by atoms with E-state index >= 15 is 0 Å². The van der Waals surface area contributed by atoms with Crippen molar-refractivity contribution in [3.63, 3.8) is 0 Å². The molecule has 1 aliphatic heterocycles. The number of ether oxygens (including phenoxy) is 1. The lowest BCUT2D eigenvalue weighted by Gasteiger charge is -2.16. The van der Waals surface area contributed by atoms with Gasteiger partial charge in [0.05, 0.1) is 22.3 Å². The molecule has 0 aromatic heterocycles. The SMILES string of the molecule is COCCNC(=O)CN1C(=O)C(=O)c2cc(Br)c(F)cc21. The van der Waals surface area contributed by atoms with Crippen LogP contribution in [0.15, 0.2) is 16.6 Å². The number of ketones is 1. The number of amides is 2. The van der Waals surface area contributed by atoms with Gasteiger partial charge in [0.2, 0.25) is 5.91 Å². The predicted octanol–water partition coefficient (Wildman–Crippen LogP) is 0.880. The summed E-state index contributed by atoms with van der Waals surface area (Å²) in [6, 6.07) is 2.30. The van der Waals surface area contributed by atoms with E-state index < -0.39 is 23.4 Å². The second kappa shape index (κ2) is 6.31. The van der Waals surface area contributed by atoms with Crippen LogP contribution in [0, 0.1) is 5.82 Å². The molecule has 0 radical (unpaired) electrons. The maximum Gasteiger partial charge on any atom is 0.299 e. The van der Waals surface area contributed by atoms with E-state index in [0.29, 0.717) is 6.61 Å².